The minimum Gasteiger partial charge on any atom is -0.336 e. The van der Waals surface area contributed by atoms with Crippen LogP contribution in [0.15, 0.2) is 5.10 Å². The Morgan fingerprint density at radius 1 is 1.15 bits per heavy atom. The average molecular weight is 278 g/mol. The lowest BCUT2D eigenvalue weighted by Crippen LogP contribution is -2.43. The van der Waals surface area contributed by atoms with Crippen molar-refractivity contribution in [2.24, 2.45) is 5.10 Å². The Hall–Kier alpha value is -1.43. The van der Waals surface area contributed by atoms with Gasteiger partial charge in [-0.25, -0.2) is 5.43 Å². The first-order valence-corrected chi connectivity index (χ1v) is 7.63. The zero-order chi connectivity index (χ0) is 13.9. The van der Waals surface area contributed by atoms with Gasteiger partial charge in [0.1, 0.15) is 5.71 Å². The topological polar surface area (TPSA) is 65.0 Å². The molecule has 0 radical (unpaired) electrons. The fourth-order valence-electron chi connectivity index (χ4n) is 3.32. The third-order valence-corrected chi connectivity index (χ3v) is 4.51. The van der Waals surface area contributed by atoms with E-state index in [1.54, 1.807) is 0 Å². The van der Waals surface area contributed by atoms with Crippen LogP contribution in [0.4, 0.5) is 0 Å². The van der Waals surface area contributed by atoms with E-state index in [0.717, 1.165) is 19.5 Å². The van der Waals surface area contributed by atoms with Gasteiger partial charge in [0, 0.05) is 32.0 Å². The van der Waals surface area contributed by atoms with E-state index in [0.29, 0.717) is 24.6 Å². The number of hydrogen-bond donors (Lipinski definition) is 1. The van der Waals surface area contributed by atoms with Crippen LogP contribution in [-0.4, -0.2) is 59.5 Å². The molecule has 6 nitrogen and oxygen atoms in total. The number of rotatable bonds is 2. The first-order valence-electron chi connectivity index (χ1n) is 7.63. The number of amides is 2. The maximum Gasteiger partial charge on any atom is 0.270 e. The Bertz CT molecular complexity index is 429. The number of hydrazone groups is 1. The molecule has 0 saturated carbocycles. The lowest BCUT2D eigenvalue weighted by Gasteiger charge is -2.32. The maximum atomic E-state index is 12.4. The van der Waals surface area contributed by atoms with Crippen LogP contribution in [0.5, 0.6) is 0 Å². The fourth-order valence-corrected chi connectivity index (χ4v) is 3.32. The van der Waals surface area contributed by atoms with Gasteiger partial charge in [-0.15, -0.1) is 0 Å². The van der Waals surface area contributed by atoms with Gasteiger partial charge in [-0.2, -0.15) is 5.10 Å². The number of piperidine rings is 1. The molecule has 3 heterocycles. The highest BCUT2D eigenvalue weighted by Gasteiger charge is 2.33. The van der Waals surface area contributed by atoms with Crippen molar-refractivity contribution in [1.29, 1.82) is 0 Å². The van der Waals surface area contributed by atoms with E-state index < -0.39 is 0 Å². The number of carbonyl (C=O) groups is 2. The van der Waals surface area contributed by atoms with Gasteiger partial charge in [-0.1, -0.05) is 6.42 Å². The summed E-state index contributed by atoms with van der Waals surface area (Å²) < 4.78 is 0. The molecule has 0 aromatic carbocycles. The molecule has 3 rings (SSSR count). The molecule has 0 spiro atoms. The molecule has 3 aliphatic heterocycles. The van der Waals surface area contributed by atoms with Crippen LogP contribution >= 0.6 is 0 Å². The lowest BCUT2D eigenvalue weighted by atomic mass is 10.1. The predicted octanol–water partition coefficient (Wildman–Crippen LogP) is 0.339. The van der Waals surface area contributed by atoms with Crippen molar-refractivity contribution in [3.05, 3.63) is 0 Å². The average Bonchev–Trinajstić information content (AvgIpc) is 2.98. The second-order valence-electron chi connectivity index (χ2n) is 5.88. The molecule has 0 bridgehead atoms. The molecular weight excluding hydrogens is 256 g/mol. The first kappa shape index (κ1) is 13.5. The fraction of sp³-hybridized carbons (Fsp3) is 0.786. The summed E-state index contributed by atoms with van der Waals surface area (Å²) in [4.78, 5) is 27.8. The Morgan fingerprint density at radius 2 is 1.95 bits per heavy atom. The summed E-state index contributed by atoms with van der Waals surface area (Å²) in [7, 11) is 0. The van der Waals surface area contributed by atoms with Crippen LogP contribution in [0.2, 0.25) is 0 Å². The zero-order valence-corrected chi connectivity index (χ0v) is 11.8. The zero-order valence-electron chi connectivity index (χ0n) is 11.8. The van der Waals surface area contributed by atoms with Crippen molar-refractivity contribution in [1.82, 2.24) is 15.2 Å². The third kappa shape index (κ3) is 2.85. The molecule has 2 saturated heterocycles. The molecule has 1 atom stereocenters. The maximum absolute atomic E-state index is 12.4. The number of nitrogens with one attached hydrogen (secondary N) is 1. The molecule has 1 N–H and O–H groups in total. The van der Waals surface area contributed by atoms with Crippen molar-refractivity contribution in [3.63, 3.8) is 0 Å². The first-order chi connectivity index (χ1) is 9.74. The Morgan fingerprint density at radius 3 is 2.65 bits per heavy atom. The van der Waals surface area contributed by atoms with Crippen LogP contribution in [0.1, 0.15) is 38.5 Å². The standard InChI is InChI=1S/C14H22N4O2/c19-13-5-4-12(15-16-13)14(20)18-9-6-11(10-18)17-7-2-1-3-8-17/h11H,1-10H2,(H,16,19). The van der Waals surface area contributed by atoms with E-state index in [-0.39, 0.29) is 11.8 Å². The minimum absolute atomic E-state index is 0.00418. The highest BCUT2D eigenvalue weighted by atomic mass is 16.2. The number of hydrogen-bond acceptors (Lipinski definition) is 4. The van der Waals surface area contributed by atoms with Crippen molar-refractivity contribution in [3.8, 4) is 0 Å². The summed E-state index contributed by atoms with van der Waals surface area (Å²) in [6.07, 6.45) is 5.80. The predicted molar refractivity (Wildman–Crippen MR) is 75.2 cm³/mol. The quantitative estimate of drug-likeness (QED) is 0.792. The van der Waals surface area contributed by atoms with Gasteiger partial charge >= 0.3 is 0 Å². The summed E-state index contributed by atoms with van der Waals surface area (Å²) in [6, 6.07) is 0.512. The van der Waals surface area contributed by atoms with Crippen molar-refractivity contribution < 1.29 is 9.59 Å². The largest absolute Gasteiger partial charge is 0.336 e. The normalized spacial score (nSPS) is 28.2. The van der Waals surface area contributed by atoms with Crippen LogP contribution in [0.3, 0.4) is 0 Å². The lowest BCUT2D eigenvalue weighted by molar-refractivity contribution is -0.124. The SMILES string of the molecule is O=C1CCC(C(=O)N2CCC(N3CCCCC3)C2)=NN1. The molecule has 20 heavy (non-hydrogen) atoms. The second-order valence-corrected chi connectivity index (χ2v) is 5.88. The summed E-state index contributed by atoms with van der Waals surface area (Å²) in [5.74, 6) is -0.0984. The number of carbonyl (C=O) groups excluding carboxylic acids is 2. The van der Waals surface area contributed by atoms with E-state index in [9.17, 15) is 9.59 Å². The van der Waals surface area contributed by atoms with Crippen LogP contribution in [-0.2, 0) is 9.59 Å². The van der Waals surface area contributed by atoms with Gasteiger partial charge in [0.15, 0.2) is 0 Å². The molecule has 2 fully saturated rings. The summed E-state index contributed by atoms with van der Waals surface area (Å²) in [6.45, 7) is 3.96. The van der Waals surface area contributed by atoms with E-state index in [4.69, 9.17) is 0 Å². The Balaban J connectivity index is 1.56. The molecule has 0 aromatic rings. The molecule has 1 unspecified atom stereocenters. The van der Waals surface area contributed by atoms with Crippen LogP contribution < -0.4 is 5.43 Å². The number of likely N-dealkylation sites (tertiary alicyclic amines) is 2. The third-order valence-electron chi connectivity index (χ3n) is 4.51. The van der Waals surface area contributed by atoms with Gasteiger partial charge in [0.2, 0.25) is 5.91 Å². The second kappa shape index (κ2) is 5.91. The van der Waals surface area contributed by atoms with Crippen LogP contribution in [0, 0.1) is 0 Å². The van der Waals surface area contributed by atoms with E-state index in [2.05, 4.69) is 15.4 Å². The number of nitrogens with zero attached hydrogens (tertiary/aromatic N) is 3. The smallest absolute Gasteiger partial charge is 0.270 e. The Kier molecular flexibility index (Phi) is 4.00. The molecular formula is C14H22N4O2. The summed E-state index contributed by atoms with van der Waals surface area (Å²) >= 11 is 0. The van der Waals surface area contributed by atoms with E-state index in [1.807, 2.05) is 4.90 Å². The molecule has 0 aliphatic carbocycles. The summed E-state index contributed by atoms with van der Waals surface area (Å²) in [5.41, 5.74) is 2.91. The molecule has 2 amide bonds. The summed E-state index contributed by atoms with van der Waals surface area (Å²) in [5, 5.41) is 3.90. The van der Waals surface area contributed by atoms with Crippen LogP contribution in [0.25, 0.3) is 0 Å². The minimum atomic E-state index is -0.103. The molecule has 110 valence electrons. The van der Waals surface area contributed by atoms with E-state index in [1.165, 1.54) is 32.4 Å². The molecule has 6 heteroatoms. The van der Waals surface area contributed by atoms with Crippen molar-refractivity contribution in [2.75, 3.05) is 26.2 Å². The van der Waals surface area contributed by atoms with Gasteiger partial charge < -0.3 is 4.90 Å². The highest BCUT2D eigenvalue weighted by Crippen LogP contribution is 2.21. The van der Waals surface area contributed by atoms with Gasteiger partial charge in [-0.3, -0.25) is 14.5 Å². The Labute approximate surface area is 119 Å². The molecule has 3 aliphatic rings. The van der Waals surface area contributed by atoms with Gasteiger partial charge in [-0.05, 0) is 32.4 Å². The van der Waals surface area contributed by atoms with Crippen molar-refractivity contribution >= 4 is 17.5 Å². The monoisotopic (exact) mass is 278 g/mol. The van der Waals surface area contributed by atoms with Crippen molar-refractivity contribution in [2.45, 2.75) is 44.6 Å². The molecule has 0 aromatic heterocycles. The van der Waals surface area contributed by atoms with E-state index >= 15 is 0 Å². The van der Waals surface area contributed by atoms with Gasteiger partial charge in [0.25, 0.3) is 5.91 Å². The van der Waals surface area contributed by atoms with Gasteiger partial charge in [0.05, 0.1) is 0 Å². The highest BCUT2D eigenvalue weighted by molar-refractivity contribution is 6.39.